The summed E-state index contributed by atoms with van der Waals surface area (Å²) in [4.78, 5) is 11.1. The molecule has 0 saturated heterocycles. The molecular weight excluding hydrogens is 300 g/mol. The van der Waals surface area contributed by atoms with Crippen molar-refractivity contribution in [3.8, 4) is 16.9 Å². The van der Waals surface area contributed by atoms with Gasteiger partial charge in [-0.05, 0) is 74.1 Å². The lowest BCUT2D eigenvalue weighted by Crippen LogP contribution is -2.09. The topological polar surface area (TPSA) is 35.5 Å². The van der Waals surface area contributed by atoms with Gasteiger partial charge in [-0.25, -0.2) is 0 Å². The maximum absolute atomic E-state index is 11.1. The lowest BCUT2D eigenvalue weighted by Gasteiger charge is -2.21. The predicted octanol–water partition coefficient (Wildman–Crippen LogP) is 4.82. The zero-order valence-electron chi connectivity index (χ0n) is 15.2. The molecule has 3 heteroatoms. The van der Waals surface area contributed by atoms with Gasteiger partial charge >= 0.3 is 0 Å². The van der Waals surface area contributed by atoms with Crippen LogP contribution >= 0.6 is 0 Å². The smallest absolute Gasteiger partial charge is 0.150 e. The van der Waals surface area contributed by atoms with E-state index in [1.54, 1.807) is 0 Å². The molecule has 0 saturated carbocycles. The van der Waals surface area contributed by atoms with Gasteiger partial charge in [-0.2, -0.15) is 0 Å². The summed E-state index contributed by atoms with van der Waals surface area (Å²) in [5.41, 5.74) is 7.61. The highest BCUT2D eigenvalue weighted by Gasteiger charge is 2.17. The third kappa shape index (κ3) is 3.68. The van der Waals surface area contributed by atoms with E-state index in [1.807, 2.05) is 25.1 Å². The summed E-state index contributed by atoms with van der Waals surface area (Å²) in [6.45, 7) is 12.2. The summed E-state index contributed by atoms with van der Waals surface area (Å²) in [5.74, 6) is 0.944. The van der Waals surface area contributed by atoms with E-state index in [-0.39, 0.29) is 0 Å². The van der Waals surface area contributed by atoms with E-state index in [2.05, 4.69) is 33.8 Å². The number of rotatable bonds is 7. The van der Waals surface area contributed by atoms with Crippen molar-refractivity contribution in [3.05, 3.63) is 52.1 Å². The summed E-state index contributed by atoms with van der Waals surface area (Å²) < 4.78 is 11.3. The molecular formula is C21H26O3. The predicted molar refractivity (Wildman–Crippen MR) is 98.2 cm³/mol. The number of benzene rings is 2. The standard InChI is InChI=1S/C21H26O3/c1-6-23-10-11-24-21-16(4)14(2)20(15(3)17(21)5)19-9-7-8-18(12-19)13-22/h7-9,12-13H,6,10-11H2,1-5H3. The normalized spacial score (nSPS) is 10.7. The molecule has 0 N–H and O–H groups in total. The summed E-state index contributed by atoms with van der Waals surface area (Å²) in [6, 6.07) is 7.74. The Kier molecular flexibility index (Phi) is 6.16. The van der Waals surface area contributed by atoms with Gasteiger partial charge in [0.1, 0.15) is 18.6 Å². The minimum atomic E-state index is 0.550. The zero-order chi connectivity index (χ0) is 17.7. The Bertz CT molecular complexity index is 703. The molecule has 2 rings (SSSR count). The number of hydrogen-bond donors (Lipinski definition) is 0. The number of aldehydes is 1. The average molecular weight is 326 g/mol. The van der Waals surface area contributed by atoms with Crippen LogP contribution in [0.5, 0.6) is 5.75 Å². The van der Waals surface area contributed by atoms with Crippen molar-refractivity contribution in [2.24, 2.45) is 0 Å². The molecule has 0 bridgehead atoms. The van der Waals surface area contributed by atoms with Crippen molar-refractivity contribution in [1.82, 2.24) is 0 Å². The molecule has 0 amide bonds. The summed E-state index contributed by atoms with van der Waals surface area (Å²) in [6.07, 6.45) is 0.888. The Labute approximate surface area is 144 Å². The number of carbonyl (C=O) groups is 1. The summed E-state index contributed by atoms with van der Waals surface area (Å²) in [7, 11) is 0. The highest BCUT2D eigenvalue weighted by molar-refractivity contribution is 5.82. The van der Waals surface area contributed by atoms with Crippen LogP contribution in [-0.4, -0.2) is 26.1 Å². The largest absolute Gasteiger partial charge is 0.491 e. The Morgan fingerprint density at radius 1 is 0.958 bits per heavy atom. The van der Waals surface area contributed by atoms with Crippen molar-refractivity contribution in [3.63, 3.8) is 0 Å². The van der Waals surface area contributed by atoms with Gasteiger partial charge in [0.25, 0.3) is 0 Å². The molecule has 3 nitrogen and oxygen atoms in total. The molecule has 0 spiro atoms. The van der Waals surface area contributed by atoms with Crippen LogP contribution in [0.3, 0.4) is 0 Å². The molecule has 0 unspecified atom stereocenters. The van der Waals surface area contributed by atoms with E-state index in [4.69, 9.17) is 9.47 Å². The highest BCUT2D eigenvalue weighted by atomic mass is 16.5. The first-order chi connectivity index (χ1) is 11.5. The lowest BCUT2D eigenvalue weighted by atomic mass is 9.88. The van der Waals surface area contributed by atoms with Crippen LogP contribution in [0.2, 0.25) is 0 Å². The maximum atomic E-state index is 11.1. The molecule has 0 aliphatic heterocycles. The van der Waals surface area contributed by atoms with Crippen LogP contribution in [-0.2, 0) is 4.74 Å². The van der Waals surface area contributed by atoms with Crippen LogP contribution in [0.1, 0.15) is 39.5 Å². The Balaban J connectivity index is 2.46. The zero-order valence-corrected chi connectivity index (χ0v) is 15.2. The fourth-order valence-corrected chi connectivity index (χ4v) is 3.04. The highest BCUT2D eigenvalue weighted by Crippen LogP contribution is 2.38. The van der Waals surface area contributed by atoms with Crippen LogP contribution in [0.25, 0.3) is 11.1 Å². The van der Waals surface area contributed by atoms with Crippen molar-refractivity contribution < 1.29 is 14.3 Å². The second-order valence-corrected chi connectivity index (χ2v) is 5.99. The molecule has 0 aliphatic rings. The van der Waals surface area contributed by atoms with Crippen LogP contribution < -0.4 is 4.74 Å². The van der Waals surface area contributed by atoms with Crippen LogP contribution in [0.15, 0.2) is 24.3 Å². The molecule has 128 valence electrons. The van der Waals surface area contributed by atoms with Crippen LogP contribution in [0.4, 0.5) is 0 Å². The van der Waals surface area contributed by atoms with Gasteiger partial charge in [0.15, 0.2) is 0 Å². The Morgan fingerprint density at radius 3 is 2.21 bits per heavy atom. The van der Waals surface area contributed by atoms with Gasteiger partial charge in [0.2, 0.25) is 0 Å². The molecule has 0 aromatic heterocycles. The monoisotopic (exact) mass is 326 g/mol. The van der Waals surface area contributed by atoms with Crippen molar-refractivity contribution in [2.45, 2.75) is 34.6 Å². The minimum Gasteiger partial charge on any atom is -0.491 e. The van der Waals surface area contributed by atoms with E-state index >= 15 is 0 Å². The van der Waals surface area contributed by atoms with Crippen molar-refractivity contribution in [2.75, 3.05) is 19.8 Å². The van der Waals surface area contributed by atoms with E-state index < -0.39 is 0 Å². The van der Waals surface area contributed by atoms with Gasteiger partial charge in [-0.1, -0.05) is 18.2 Å². The maximum Gasteiger partial charge on any atom is 0.150 e. The second kappa shape index (κ2) is 8.11. The van der Waals surface area contributed by atoms with Gasteiger partial charge in [0, 0.05) is 12.2 Å². The van der Waals surface area contributed by atoms with Gasteiger partial charge in [-0.3, -0.25) is 4.79 Å². The fourth-order valence-electron chi connectivity index (χ4n) is 3.04. The first kappa shape index (κ1) is 18.2. The third-order valence-electron chi connectivity index (χ3n) is 4.55. The molecule has 2 aromatic carbocycles. The minimum absolute atomic E-state index is 0.550. The first-order valence-electron chi connectivity index (χ1n) is 8.37. The molecule has 0 fully saturated rings. The van der Waals surface area contributed by atoms with E-state index in [1.165, 1.54) is 16.7 Å². The number of ether oxygens (including phenoxy) is 2. The average Bonchev–Trinajstić information content (AvgIpc) is 2.60. The number of hydrogen-bond acceptors (Lipinski definition) is 3. The van der Waals surface area contributed by atoms with Crippen molar-refractivity contribution >= 4 is 6.29 Å². The van der Waals surface area contributed by atoms with Gasteiger partial charge < -0.3 is 9.47 Å². The summed E-state index contributed by atoms with van der Waals surface area (Å²) in [5, 5.41) is 0. The SMILES string of the molecule is CCOCCOc1c(C)c(C)c(-c2cccc(C=O)c2)c(C)c1C. The quantitative estimate of drug-likeness (QED) is 0.541. The second-order valence-electron chi connectivity index (χ2n) is 5.99. The Hall–Kier alpha value is -2.13. The van der Waals surface area contributed by atoms with E-state index in [9.17, 15) is 4.79 Å². The molecule has 2 aromatic rings. The van der Waals surface area contributed by atoms with E-state index in [0.29, 0.717) is 25.4 Å². The molecule has 0 radical (unpaired) electrons. The third-order valence-corrected chi connectivity index (χ3v) is 4.55. The van der Waals surface area contributed by atoms with Crippen LogP contribution in [0, 0.1) is 27.7 Å². The fraction of sp³-hybridized carbons (Fsp3) is 0.381. The molecule has 0 aliphatic carbocycles. The van der Waals surface area contributed by atoms with Crippen molar-refractivity contribution in [1.29, 1.82) is 0 Å². The molecule has 0 heterocycles. The number of carbonyl (C=O) groups excluding carboxylic acids is 1. The van der Waals surface area contributed by atoms with Gasteiger partial charge in [0.05, 0.1) is 6.61 Å². The lowest BCUT2D eigenvalue weighted by molar-refractivity contribution is 0.109. The summed E-state index contributed by atoms with van der Waals surface area (Å²) >= 11 is 0. The van der Waals surface area contributed by atoms with E-state index in [0.717, 1.165) is 28.7 Å². The van der Waals surface area contributed by atoms with Gasteiger partial charge in [-0.15, -0.1) is 0 Å². The molecule has 24 heavy (non-hydrogen) atoms. The Morgan fingerprint density at radius 2 is 1.62 bits per heavy atom. The molecule has 0 atom stereocenters. The first-order valence-corrected chi connectivity index (χ1v) is 8.37.